The zero-order chi connectivity index (χ0) is 14.7. The van der Waals surface area contributed by atoms with E-state index in [1.54, 1.807) is 0 Å². The van der Waals surface area contributed by atoms with Crippen molar-refractivity contribution in [2.24, 2.45) is 5.92 Å². The fraction of sp³-hybridized carbons (Fsp3) is 0.824. The van der Waals surface area contributed by atoms with Crippen LogP contribution in [0.15, 0.2) is 12.3 Å². The number of aliphatic hydroxyl groups is 1. The predicted molar refractivity (Wildman–Crippen MR) is 84.0 cm³/mol. The second-order valence-corrected chi connectivity index (χ2v) is 7.25. The maximum absolute atomic E-state index is 10.6. The van der Waals surface area contributed by atoms with Crippen molar-refractivity contribution in [3.8, 4) is 0 Å². The van der Waals surface area contributed by atoms with Gasteiger partial charge in [0, 0.05) is 19.3 Å². The van der Waals surface area contributed by atoms with Gasteiger partial charge in [0.2, 0.25) is 0 Å². The van der Waals surface area contributed by atoms with Crippen molar-refractivity contribution in [2.45, 2.75) is 76.5 Å². The summed E-state index contributed by atoms with van der Waals surface area (Å²) in [5.41, 5.74) is 0.584. The van der Waals surface area contributed by atoms with Crippen LogP contribution in [0.2, 0.25) is 0 Å². The molecule has 0 spiro atoms. The molecule has 2 unspecified atom stereocenters. The molecule has 0 radical (unpaired) electrons. The van der Waals surface area contributed by atoms with E-state index in [4.69, 9.17) is 0 Å². The quantitative estimate of drug-likeness (QED) is 0.876. The summed E-state index contributed by atoms with van der Waals surface area (Å²) >= 11 is 0. The highest BCUT2D eigenvalue weighted by Crippen LogP contribution is 2.31. The minimum Gasteiger partial charge on any atom is -0.389 e. The van der Waals surface area contributed by atoms with Gasteiger partial charge in [-0.2, -0.15) is 5.10 Å². The minimum absolute atomic E-state index is 0.508. The standard InChI is InChI=1S/C17H29N3O/c1-14-5-4-9-17(21,11-14)13-18-12-15-8-10-20(19-15)16-6-2-3-7-16/h8,10,14,16,18,21H,2-7,9,11-13H2,1H3. The Labute approximate surface area is 127 Å². The van der Waals surface area contributed by atoms with E-state index in [1.165, 1.54) is 32.1 Å². The van der Waals surface area contributed by atoms with Crippen molar-refractivity contribution in [3.63, 3.8) is 0 Å². The molecule has 4 heteroatoms. The van der Waals surface area contributed by atoms with E-state index in [0.29, 0.717) is 18.5 Å². The largest absolute Gasteiger partial charge is 0.389 e. The van der Waals surface area contributed by atoms with Crippen LogP contribution < -0.4 is 5.32 Å². The molecule has 2 aliphatic carbocycles. The first kappa shape index (κ1) is 15.0. The van der Waals surface area contributed by atoms with E-state index in [2.05, 4.69) is 34.3 Å². The SMILES string of the molecule is CC1CCCC(O)(CNCc2ccn(C3CCCC3)n2)C1. The third-order valence-corrected chi connectivity index (χ3v) is 5.19. The Morgan fingerprint density at radius 2 is 2.14 bits per heavy atom. The number of aromatic nitrogens is 2. The lowest BCUT2D eigenvalue weighted by Crippen LogP contribution is -2.43. The molecule has 1 aromatic heterocycles. The van der Waals surface area contributed by atoms with Crippen LogP contribution in [-0.4, -0.2) is 27.0 Å². The van der Waals surface area contributed by atoms with E-state index in [1.807, 2.05) is 0 Å². The highest BCUT2D eigenvalue weighted by atomic mass is 16.3. The van der Waals surface area contributed by atoms with Gasteiger partial charge in [-0.25, -0.2) is 0 Å². The summed E-state index contributed by atoms with van der Waals surface area (Å²) in [5.74, 6) is 0.645. The fourth-order valence-electron chi connectivity index (χ4n) is 4.06. The third-order valence-electron chi connectivity index (χ3n) is 5.19. The van der Waals surface area contributed by atoms with E-state index < -0.39 is 5.60 Å². The molecule has 0 saturated heterocycles. The van der Waals surface area contributed by atoms with E-state index in [-0.39, 0.29) is 0 Å². The molecule has 1 aromatic rings. The number of hydrogen-bond donors (Lipinski definition) is 2. The average Bonchev–Trinajstić information content (AvgIpc) is 3.08. The number of rotatable bonds is 5. The molecule has 0 aromatic carbocycles. The first-order valence-corrected chi connectivity index (χ1v) is 8.62. The second kappa shape index (κ2) is 6.49. The number of nitrogens with one attached hydrogen (secondary N) is 1. The molecule has 21 heavy (non-hydrogen) atoms. The number of hydrogen-bond acceptors (Lipinski definition) is 3. The topological polar surface area (TPSA) is 50.1 Å². The van der Waals surface area contributed by atoms with Gasteiger partial charge in [-0.3, -0.25) is 4.68 Å². The van der Waals surface area contributed by atoms with Gasteiger partial charge in [0.05, 0.1) is 17.3 Å². The average molecular weight is 291 g/mol. The minimum atomic E-state index is -0.508. The highest BCUT2D eigenvalue weighted by molar-refractivity contribution is 5.00. The Balaban J connectivity index is 1.46. The lowest BCUT2D eigenvalue weighted by molar-refractivity contribution is -0.0119. The summed E-state index contributed by atoms with van der Waals surface area (Å²) in [6.07, 6.45) is 11.6. The maximum Gasteiger partial charge on any atom is 0.0774 e. The lowest BCUT2D eigenvalue weighted by atomic mass is 9.79. The van der Waals surface area contributed by atoms with Crippen molar-refractivity contribution in [3.05, 3.63) is 18.0 Å². The molecule has 4 nitrogen and oxygen atoms in total. The smallest absolute Gasteiger partial charge is 0.0774 e. The van der Waals surface area contributed by atoms with Gasteiger partial charge in [-0.05, 0) is 37.7 Å². The van der Waals surface area contributed by atoms with Gasteiger partial charge in [0.15, 0.2) is 0 Å². The van der Waals surface area contributed by atoms with Gasteiger partial charge in [0.25, 0.3) is 0 Å². The summed E-state index contributed by atoms with van der Waals surface area (Å²) in [5, 5.41) is 18.7. The Morgan fingerprint density at radius 1 is 1.33 bits per heavy atom. The third kappa shape index (κ3) is 3.86. The summed E-state index contributed by atoms with van der Waals surface area (Å²) < 4.78 is 2.14. The first-order valence-electron chi connectivity index (χ1n) is 8.62. The van der Waals surface area contributed by atoms with Crippen LogP contribution in [0, 0.1) is 5.92 Å². The first-order chi connectivity index (χ1) is 10.1. The van der Waals surface area contributed by atoms with Crippen molar-refractivity contribution < 1.29 is 5.11 Å². The van der Waals surface area contributed by atoms with Crippen LogP contribution >= 0.6 is 0 Å². The lowest BCUT2D eigenvalue weighted by Gasteiger charge is -2.35. The molecule has 2 fully saturated rings. The number of nitrogens with zero attached hydrogens (tertiary/aromatic N) is 2. The Morgan fingerprint density at radius 3 is 2.90 bits per heavy atom. The summed E-state index contributed by atoms with van der Waals surface area (Å²) in [4.78, 5) is 0. The molecule has 2 atom stereocenters. The van der Waals surface area contributed by atoms with Gasteiger partial charge >= 0.3 is 0 Å². The molecule has 2 saturated carbocycles. The molecular weight excluding hydrogens is 262 g/mol. The molecule has 0 amide bonds. The molecule has 3 rings (SSSR count). The van der Waals surface area contributed by atoms with Crippen LogP contribution in [0.25, 0.3) is 0 Å². The molecule has 2 N–H and O–H groups in total. The molecule has 0 aliphatic heterocycles. The highest BCUT2D eigenvalue weighted by Gasteiger charge is 2.32. The fourth-order valence-corrected chi connectivity index (χ4v) is 4.06. The molecule has 2 aliphatic rings. The van der Waals surface area contributed by atoms with Gasteiger partial charge < -0.3 is 10.4 Å². The molecule has 1 heterocycles. The molecular formula is C17H29N3O. The van der Waals surface area contributed by atoms with E-state index in [9.17, 15) is 5.11 Å². The summed E-state index contributed by atoms with van der Waals surface area (Å²) in [7, 11) is 0. The normalized spacial score (nSPS) is 30.9. The van der Waals surface area contributed by atoms with E-state index >= 15 is 0 Å². The molecule has 0 bridgehead atoms. The maximum atomic E-state index is 10.6. The van der Waals surface area contributed by atoms with Crippen LogP contribution in [0.4, 0.5) is 0 Å². The van der Waals surface area contributed by atoms with Gasteiger partial charge in [-0.15, -0.1) is 0 Å². The summed E-state index contributed by atoms with van der Waals surface area (Å²) in [6, 6.07) is 2.72. The van der Waals surface area contributed by atoms with Crippen molar-refractivity contribution in [1.29, 1.82) is 0 Å². The van der Waals surface area contributed by atoms with Crippen molar-refractivity contribution in [2.75, 3.05) is 6.54 Å². The van der Waals surface area contributed by atoms with Crippen LogP contribution in [0.1, 0.15) is 70.0 Å². The van der Waals surface area contributed by atoms with Crippen LogP contribution in [0.3, 0.4) is 0 Å². The summed E-state index contributed by atoms with van der Waals surface area (Å²) in [6.45, 7) is 3.69. The van der Waals surface area contributed by atoms with Crippen molar-refractivity contribution in [1.82, 2.24) is 15.1 Å². The van der Waals surface area contributed by atoms with Crippen molar-refractivity contribution >= 4 is 0 Å². The second-order valence-electron chi connectivity index (χ2n) is 7.25. The Bertz CT molecular complexity index is 453. The monoisotopic (exact) mass is 291 g/mol. The Hall–Kier alpha value is -0.870. The predicted octanol–water partition coefficient (Wildman–Crippen LogP) is 3.03. The van der Waals surface area contributed by atoms with Crippen LogP contribution in [-0.2, 0) is 6.54 Å². The zero-order valence-electron chi connectivity index (χ0n) is 13.2. The van der Waals surface area contributed by atoms with E-state index in [0.717, 1.165) is 31.5 Å². The molecule has 118 valence electrons. The van der Waals surface area contributed by atoms with Gasteiger partial charge in [-0.1, -0.05) is 32.6 Å². The van der Waals surface area contributed by atoms with Crippen LogP contribution in [0.5, 0.6) is 0 Å². The van der Waals surface area contributed by atoms with Gasteiger partial charge in [0.1, 0.15) is 0 Å². The Kier molecular flexibility index (Phi) is 4.65. The zero-order valence-corrected chi connectivity index (χ0v) is 13.2.